The maximum absolute atomic E-state index is 3.88. The molecule has 0 aromatic heterocycles. The van der Waals surface area contributed by atoms with Crippen LogP contribution in [0.15, 0.2) is 0 Å². The van der Waals surface area contributed by atoms with Gasteiger partial charge in [0.1, 0.15) is 0 Å². The van der Waals surface area contributed by atoms with E-state index in [4.69, 9.17) is 0 Å². The second kappa shape index (κ2) is 8.10. The standard InChI is InChI=1S/C11H23/c1-4-7-10-11(8-5-2)9-6-3/h11H,1,4-10H2,2-3H3. The lowest BCUT2D eigenvalue weighted by molar-refractivity contribution is 0.401. The van der Waals surface area contributed by atoms with E-state index in [0.29, 0.717) is 0 Å². The van der Waals surface area contributed by atoms with E-state index in [2.05, 4.69) is 20.8 Å². The Morgan fingerprint density at radius 2 is 1.55 bits per heavy atom. The van der Waals surface area contributed by atoms with Crippen LogP contribution in [0.25, 0.3) is 0 Å². The zero-order valence-electron chi connectivity index (χ0n) is 8.23. The van der Waals surface area contributed by atoms with Crippen molar-refractivity contribution in [3.05, 3.63) is 6.92 Å². The Kier molecular flexibility index (Phi) is 8.10. The first-order chi connectivity index (χ1) is 5.35. The third-order valence-corrected chi connectivity index (χ3v) is 2.26. The number of hydrogen-bond donors (Lipinski definition) is 0. The van der Waals surface area contributed by atoms with Gasteiger partial charge in [0, 0.05) is 0 Å². The summed E-state index contributed by atoms with van der Waals surface area (Å²) in [6.07, 6.45) is 9.39. The van der Waals surface area contributed by atoms with Gasteiger partial charge in [0.15, 0.2) is 0 Å². The Balaban J connectivity index is 3.34. The van der Waals surface area contributed by atoms with Gasteiger partial charge >= 0.3 is 0 Å². The summed E-state index contributed by atoms with van der Waals surface area (Å²) in [4.78, 5) is 0. The summed E-state index contributed by atoms with van der Waals surface area (Å²) in [6.45, 7) is 8.45. The fourth-order valence-corrected chi connectivity index (χ4v) is 1.68. The van der Waals surface area contributed by atoms with Gasteiger partial charge in [-0.05, 0) is 5.92 Å². The van der Waals surface area contributed by atoms with Gasteiger partial charge in [-0.15, -0.1) is 0 Å². The van der Waals surface area contributed by atoms with Gasteiger partial charge in [-0.2, -0.15) is 0 Å². The molecule has 0 aliphatic heterocycles. The van der Waals surface area contributed by atoms with Crippen molar-refractivity contribution in [1.29, 1.82) is 0 Å². The van der Waals surface area contributed by atoms with Crippen molar-refractivity contribution in [2.24, 2.45) is 5.92 Å². The maximum Gasteiger partial charge on any atom is -0.0414 e. The molecule has 67 valence electrons. The van der Waals surface area contributed by atoms with Crippen LogP contribution >= 0.6 is 0 Å². The van der Waals surface area contributed by atoms with Crippen molar-refractivity contribution in [3.63, 3.8) is 0 Å². The molecule has 1 radical (unpaired) electrons. The van der Waals surface area contributed by atoms with Crippen LogP contribution in [0.2, 0.25) is 0 Å². The molecule has 0 N–H and O–H groups in total. The van der Waals surface area contributed by atoms with E-state index < -0.39 is 0 Å². The summed E-state index contributed by atoms with van der Waals surface area (Å²) in [5.41, 5.74) is 0. The van der Waals surface area contributed by atoms with Gasteiger partial charge in [-0.25, -0.2) is 0 Å². The fourth-order valence-electron chi connectivity index (χ4n) is 1.68. The monoisotopic (exact) mass is 155 g/mol. The van der Waals surface area contributed by atoms with Crippen LogP contribution in [0.4, 0.5) is 0 Å². The molecular weight excluding hydrogens is 132 g/mol. The largest absolute Gasteiger partial charge is 0.0654 e. The van der Waals surface area contributed by atoms with E-state index in [1.54, 1.807) is 0 Å². The summed E-state index contributed by atoms with van der Waals surface area (Å²) in [5, 5.41) is 0. The second-order valence-electron chi connectivity index (χ2n) is 3.44. The summed E-state index contributed by atoms with van der Waals surface area (Å²) < 4.78 is 0. The van der Waals surface area contributed by atoms with Crippen molar-refractivity contribution in [3.8, 4) is 0 Å². The van der Waals surface area contributed by atoms with Crippen LogP contribution < -0.4 is 0 Å². The Hall–Kier alpha value is 0. The molecule has 0 unspecified atom stereocenters. The molecule has 0 atom stereocenters. The molecule has 0 aromatic carbocycles. The van der Waals surface area contributed by atoms with Crippen molar-refractivity contribution in [2.45, 2.75) is 58.8 Å². The molecule has 0 nitrogen and oxygen atoms in total. The summed E-state index contributed by atoms with van der Waals surface area (Å²) in [7, 11) is 0. The summed E-state index contributed by atoms with van der Waals surface area (Å²) in [5.74, 6) is 0.992. The van der Waals surface area contributed by atoms with E-state index in [1.807, 2.05) is 0 Å². The van der Waals surface area contributed by atoms with Crippen LogP contribution in [-0.4, -0.2) is 0 Å². The minimum absolute atomic E-state index is 0.992. The minimum Gasteiger partial charge on any atom is -0.0654 e. The lowest BCUT2D eigenvalue weighted by atomic mass is 9.93. The zero-order chi connectivity index (χ0) is 8.53. The minimum atomic E-state index is 0.992. The van der Waals surface area contributed by atoms with Crippen molar-refractivity contribution < 1.29 is 0 Å². The Labute approximate surface area is 72.4 Å². The predicted molar refractivity (Wildman–Crippen MR) is 52.5 cm³/mol. The first-order valence-corrected chi connectivity index (χ1v) is 5.14. The first-order valence-electron chi connectivity index (χ1n) is 5.14. The molecule has 0 heterocycles. The highest BCUT2D eigenvalue weighted by molar-refractivity contribution is 4.58. The van der Waals surface area contributed by atoms with Crippen molar-refractivity contribution in [2.75, 3.05) is 0 Å². The molecule has 0 amide bonds. The Bertz CT molecular complexity index is 60.4. The van der Waals surface area contributed by atoms with Crippen molar-refractivity contribution >= 4 is 0 Å². The molecule has 0 aromatic rings. The van der Waals surface area contributed by atoms with Crippen LogP contribution in [0, 0.1) is 12.8 Å². The zero-order valence-corrected chi connectivity index (χ0v) is 8.23. The first kappa shape index (κ1) is 11.0. The number of unbranched alkanes of at least 4 members (excludes halogenated alkanes) is 1. The number of rotatable bonds is 7. The smallest absolute Gasteiger partial charge is 0.0414 e. The molecule has 0 bridgehead atoms. The van der Waals surface area contributed by atoms with Crippen LogP contribution in [0.3, 0.4) is 0 Å². The van der Waals surface area contributed by atoms with Gasteiger partial charge < -0.3 is 0 Å². The predicted octanol–water partition coefficient (Wildman–Crippen LogP) is 4.21. The molecule has 0 saturated carbocycles. The van der Waals surface area contributed by atoms with Crippen LogP contribution in [0.1, 0.15) is 58.8 Å². The average Bonchev–Trinajstić information content (AvgIpc) is 2.01. The quantitative estimate of drug-likeness (QED) is 0.516. The maximum atomic E-state index is 3.88. The SMILES string of the molecule is [CH2]CCCC(CCC)CCC. The molecule has 11 heavy (non-hydrogen) atoms. The Morgan fingerprint density at radius 3 is 1.91 bits per heavy atom. The highest BCUT2D eigenvalue weighted by atomic mass is 14.1. The third-order valence-electron chi connectivity index (χ3n) is 2.26. The molecule has 0 heteroatoms. The second-order valence-corrected chi connectivity index (χ2v) is 3.44. The Morgan fingerprint density at radius 1 is 1.00 bits per heavy atom. The highest BCUT2D eigenvalue weighted by Gasteiger charge is 2.04. The van der Waals surface area contributed by atoms with Gasteiger partial charge in [0.2, 0.25) is 0 Å². The molecular formula is C11H23. The molecule has 0 rings (SSSR count). The number of hydrogen-bond acceptors (Lipinski definition) is 0. The lowest BCUT2D eigenvalue weighted by Crippen LogP contribution is -1.99. The summed E-state index contributed by atoms with van der Waals surface area (Å²) >= 11 is 0. The van der Waals surface area contributed by atoms with Gasteiger partial charge in [-0.3, -0.25) is 0 Å². The van der Waals surface area contributed by atoms with E-state index in [1.165, 1.54) is 38.5 Å². The molecule has 0 fully saturated rings. The van der Waals surface area contributed by atoms with Gasteiger partial charge in [0.05, 0.1) is 0 Å². The molecule has 0 aliphatic carbocycles. The van der Waals surface area contributed by atoms with E-state index in [-0.39, 0.29) is 0 Å². The molecule has 0 saturated heterocycles. The highest BCUT2D eigenvalue weighted by Crippen LogP contribution is 2.19. The third kappa shape index (κ3) is 6.40. The van der Waals surface area contributed by atoms with Crippen LogP contribution in [-0.2, 0) is 0 Å². The normalized spacial score (nSPS) is 10.9. The molecule has 0 aliphatic rings. The van der Waals surface area contributed by atoms with E-state index >= 15 is 0 Å². The average molecular weight is 155 g/mol. The van der Waals surface area contributed by atoms with E-state index in [0.717, 1.165) is 12.3 Å². The van der Waals surface area contributed by atoms with Crippen LogP contribution in [0.5, 0.6) is 0 Å². The fraction of sp³-hybridized carbons (Fsp3) is 0.909. The van der Waals surface area contributed by atoms with Gasteiger partial charge in [-0.1, -0.05) is 65.7 Å². The van der Waals surface area contributed by atoms with Gasteiger partial charge in [0.25, 0.3) is 0 Å². The van der Waals surface area contributed by atoms with E-state index in [9.17, 15) is 0 Å². The molecule has 0 spiro atoms. The summed E-state index contributed by atoms with van der Waals surface area (Å²) in [6, 6.07) is 0. The van der Waals surface area contributed by atoms with Crippen molar-refractivity contribution in [1.82, 2.24) is 0 Å². The topological polar surface area (TPSA) is 0 Å². The lowest BCUT2D eigenvalue weighted by Gasteiger charge is -2.13.